The summed E-state index contributed by atoms with van der Waals surface area (Å²) in [6.45, 7) is -0.671. The van der Waals surface area contributed by atoms with Gasteiger partial charge in [0.25, 0.3) is 0 Å². The predicted octanol–water partition coefficient (Wildman–Crippen LogP) is -0.688. The summed E-state index contributed by atoms with van der Waals surface area (Å²) in [6.07, 6.45) is -5.74. The molecular weight excluding hydrogens is 294 g/mol. The minimum atomic E-state index is -3.51. The van der Waals surface area contributed by atoms with Crippen LogP contribution in [0.5, 0.6) is 0 Å². The Kier molecular flexibility index (Phi) is 5.81. The number of carbonyl (C=O) groups is 1. The van der Waals surface area contributed by atoms with Crippen molar-refractivity contribution in [3.63, 3.8) is 0 Å². The fourth-order valence-electron chi connectivity index (χ4n) is 2.04. The van der Waals surface area contributed by atoms with E-state index in [1.807, 2.05) is 0 Å². The van der Waals surface area contributed by atoms with Gasteiger partial charge in [0.05, 0.1) is 32.0 Å². The Morgan fingerprint density at radius 3 is 2.81 bits per heavy atom. The molecule has 0 radical (unpaired) electrons. The van der Waals surface area contributed by atoms with Crippen LogP contribution in [-0.4, -0.2) is 66.2 Å². The number of ether oxygens (including phenoxy) is 2. The number of halogens is 2. The highest BCUT2D eigenvalue weighted by Crippen LogP contribution is 2.36. The van der Waals surface area contributed by atoms with Crippen LogP contribution in [0, 0.1) is 0 Å². The lowest BCUT2D eigenvalue weighted by Gasteiger charge is -2.43. The second-order valence-electron chi connectivity index (χ2n) is 4.54. The lowest BCUT2D eigenvalue weighted by atomic mass is 9.88. The van der Waals surface area contributed by atoms with Crippen LogP contribution < -0.4 is 5.73 Å². The topological polar surface area (TPSA) is 151 Å². The van der Waals surface area contributed by atoms with E-state index in [1.165, 1.54) is 0 Å². The number of rotatable bonds is 5. The van der Waals surface area contributed by atoms with Crippen molar-refractivity contribution in [1.29, 1.82) is 0 Å². The summed E-state index contributed by atoms with van der Waals surface area (Å²) in [5, 5.41) is 21.2. The van der Waals surface area contributed by atoms with Gasteiger partial charge in [-0.15, -0.1) is 0 Å². The van der Waals surface area contributed by atoms with Gasteiger partial charge in [-0.3, -0.25) is 0 Å². The van der Waals surface area contributed by atoms with Gasteiger partial charge in [-0.2, -0.15) is 4.39 Å². The quantitative estimate of drug-likeness (QED) is 0.265. The van der Waals surface area contributed by atoms with Crippen molar-refractivity contribution < 1.29 is 33.3 Å². The number of nitrogens with zero attached hydrogens (tertiary/aromatic N) is 3. The van der Waals surface area contributed by atoms with Gasteiger partial charge in [-0.25, -0.2) is 9.18 Å². The Hall–Kier alpha value is -1.52. The van der Waals surface area contributed by atoms with Crippen LogP contribution in [0.4, 0.5) is 8.78 Å². The predicted molar refractivity (Wildman–Crippen MR) is 64.2 cm³/mol. The number of alkyl halides is 2. The van der Waals surface area contributed by atoms with Crippen molar-refractivity contribution in [3.05, 3.63) is 10.4 Å². The number of nitrogens with two attached hydrogens (primary N) is 1. The van der Waals surface area contributed by atoms with Gasteiger partial charge in [0.15, 0.2) is 6.17 Å². The van der Waals surface area contributed by atoms with E-state index >= 15 is 0 Å². The minimum Gasteiger partial charge on any atom is -0.465 e. The molecule has 0 saturated carbocycles. The molecule has 11 heteroatoms. The number of hydrogen-bond acceptors (Lipinski definition) is 7. The highest BCUT2D eigenvalue weighted by Gasteiger charge is 2.60. The zero-order valence-electron chi connectivity index (χ0n) is 11.1. The molecule has 21 heavy (non-hydrogen) atoms. The number of carbonyl (C=O) groups excluding carboxylic acids is 1. The Labute approximate surface area is 118 Å². The van der Waals surface area contributed by atoms with E-state index in [2.05, 4.69) is 14.8 Å². The molecule has 1 heterocycles. The first kappa shape index (κ1) is 17.5. The number of hydrogen-bond donors (Lipinski definition) is 3. The van der Waals surface area contributed by atoms with Crippen molar-refractivity contribution >= 4 is 5.97 Å². The smallest absolute Gasteiger partial charge is 0.375 e. The maximum absolute atomic E-state index is 14.5. The van der Waals surface area contributed by atoms with Crippen LogP contribution in [0.2, 0.25) is 0 Å². The molecule has 9 nitrogen and oxygen atoms in total. The van der Waals surface area contributed by atoms with E-state index in [0.717, 1.165) is 7.11 Å². The molecule has 1 saturated heterocycles. The molecule has 0 aromatic rings. The average molecular weight is 310 g/mol. The Balaban J connectivity index is 3.12. The number of esters is 1. The Bertz CT molecular complexity index is 436. The van der Waals surface area contributed by atoms with Gasteiger partial charge in [-0.05, 0) is 5.53 Å². The van der Waals surface area contributed by atoms with Gasteiger partial charge >= 0.3 is 11.8 Å². The lowest BCUT2D eigenvalue weighted by Crippen LogP contribution is -2.66. The third-order valence-electron chi connectivity index (χ3n) is 3.16. The summed E-state index contributed by atoms with van der Waals surface area (Å²) in [5.74, 6) is -5.16. The van der Waals surface area contributed by atoms with Crippen molar-refractivity contribution in [2.45, 2.75) is 42.7 Å². The van der Waals surface area contributed by atoms with Gasteiger partial charge in [0.2, 0.25) is 0 Å². The van der Waals surface area contributed by atoms with Crippen LogP contribution in [-0.2, 0) is 14.3 Å². The second-order valence-corrected chi connectivity index (χ2v) is 4.54. The van der Waals surface area contributed by atoms with E-state index in [4.69, 9.17) is 21.1 Å². The first-order chi connectivity index (χ1) is 9.81. The molecule has 1 rings (SSSR count). The SMILES string of the molecule is COC(=O)C1(F)OC(C[C@H](O)CO)C(N)C(N=[N+]=[N-])C1F. The molecule has 0 spiro atoms. The standard InChI is InChI=1S/C10H16F2N4O5/c1-20-9(19)10(12)8(11)7(15-16-14)6(13)5(21-10)2-4(18)3-17/h4-8,17-18H,2-3,13H2,1H3/t4-,5?,6?,7?,8?,10?/m0/s1. The lowest BCUT2D eigenvalue weighted by molar-refractivity contribution is -0.259. The molecule has 0 aliphatic carbocycles. The van der Waals surface area contributed by atoms with E-state index in [9.17, 15) is 18.7 Å². The number of methoxy groups -OCH3 is 1. The molecule has 4 N–H and O–H groups in total. The number of aliphatic hydroxyl groups is 2. The zero-order chi connectivity index (χ0) is 16.2. The summed E-state index contributed by atoms with van der Waals surface area (Å²) < 4.78 is 37.4. The molecule has 120 valence electrons. The van der Waals surface area contributed by atoms with Crippen LogP contribution in [0.1, 0.15) is 6.42 Å². The Morgan fingerprint density at radius 1 is 1.71 bits per heavy atom. The fraction of sp³-hybridized carbons (Fsp3) is 0.900. The van der Waals surface area contributed by atoms with Gasteiger partial charge in [-0.1, -0.05) is 5.11 Å². The molecule has 0 aromatic heterocycles. The van der Waals surface area contributed by atoms with Crippen molar-refractivity contribution in [1.82, 2.24) is 0 Å². The van der Waals surface area contributed by atoms with Crippen molar-refractivity contribution in [2.24, 2.45) is 10.8 Å². The molecule has 1 aliphatic heterocycles. The highest BCUT2D eigenvalue weighted by molar-refractivity contribution is 5.79. The number of aliphatic hydroxyl groups excluding tert-OH is 2. The summed E-state index contributed by atoms with van der Waals surface area (Å²) in [4.78, 5) is 13.8. The van der Waals surface area contributed by atoms with E-state index in [0.29, 0.717) is 0 Å². The van der Waals surface area contributed by atoms with Crippen LogP contribution in [0.3, 0.4) is 0 Å². The zero-order valence-corrected chi connectivity index (χ0v) is 11.1. The molecular formula is C10H16F2N4O5. The first-order valence-electron chi connectivity index (χ1n) is 5.99. The average Bonchev–Trinajstić information content (AvgIpc) is 2.47. The molecule has 6 atom stereocenters. The van der Waals surface area contributed by atoms with E-state index in [1.54, 1.807) is 0 Å². The molecule has 5 unspecified atom stereocenters. The largest absolute Gasteiger partial charge is 0.465 e. The molecule has 0 bridgehead atoms. The molecule has 0 aromatic carbocycles. The summed E-state index contributed by atoms with van der Waals surface area (Å²) in [5.41, 5.74) is 14.0. The Morgan fingerprint density at radius 2 is 2.33 bits per heavy atom. The summed E-state index contributed by atoms with van der Waals surface area (Å²) in [6, 6.07) is -3.05. The molecule has 0 amide bonds. The third kappa shape index (κ3) is 3.39. The van der Waals surface area contributed by atoms with Crippen LogP contribution in [0.15, 0.2) is 5.11 Å². The molecule has 1 aliphatic rings. The van der Waals surface area contributed by atoms with Gasteiger partial charge in [0.1, 0.15) is 0 Å². The third-order valence-corrected chi connectivity index (χ3v) is 3.16. The second kappa shape index (κ2) is 6.96. The summed E-state index contributed by atoms with van der Waals surface area (Å²) in [7, 11) is 0.828. The van der Waals surface area contributed by atoms with E-state index < -0.39 is 48.9 Å². The fourth-order valence-corrected chi connectivity index (χ4v) is 2.04. The number of azide groups is 1. The van der Waals surface area contributed by atoms with E-state index in [-0.39, 0.29) is 6.42 Å². The van der Waals surface area contributed by atoms with Gasteiger partial charge < -0.3 is 25.4 Å². The monoisotopic (exact) mass is 310 g/mol. The van der Waals surface area contributed by atoms with Crippen LogP contribution in [0.25, 0.3) is 10.4 Å². The van der Waals surface area contributed by atoms with Gasteiger partial charge in [0, 0.05) is 17.4 Å². The van der Waals surface area contributed by atoms with Crippen molar-refractivity contribution in [3.8, 4) is 0 Å². The maximum Gasteiger partial charge on any atom is 0.375 e. The minimum absolute atomic E-state index is 0.384. The normalized spacial score (nSPS) is 37.4. The summed E-state index contributed by atoms with van der Waals surface area (Å²) >= 11 is 0. The van der Waals surface area contributed by atoms with Crippen LogP contribution >= 0.6 is 0 Å². The highest BCUT2D eigenvalue weighted by atomic mass is 19.2. The molecule has 1 fully saturated rings. The maximum atomic E-state index is 14.5. The first-order valence-corrected chi connectivity index (χ1v) is 5.99. The van der Waals surface area contributed by atoms with Crippen molar-refractivity contribution in [2.75, 3.05) is 13.7 Å².